The van der Waals surface area contributed by atoms with Crippen molar-refractivity contribution in [2.24, 2.45) is 15.7 Å². The van der Waals surface area contributed by atoms with Crippen LogP contribution in [0.3, 0.4) is 0 Å². The first-order valence-electron chi connectivity index (χ1n) is 3.42. The Labute approximate surface area is 73.0 Å². The van der Waals surface area contributed by atoms with Crippen LogP contribution in [-0.4, -0.2) is 23.5 Å². The van der Waals surface area contributed by atoms with Crippen LogP contribution in [-0.2, 0) is 0 Å². The van der Waals surface area contributed by atoms with E-state index in [0.717, 1.165) is 10.6 Å². The summed E-state index contributed by atoms with van der Waals surface area (Å²) in [4.78, 5) is 9.18. The Bertz CT molecular complexity index is 393. The zero-order chi connectivity index (χ0) is 8.55. The highest BCUT2D eigenvalue weighted by atomic mass is 32.2. The molecule has 2 heterocycles. The predicted molar refractivity (Wildman–Crippen MR) is 54.5 cm³/mol. The van der Waals surface area contributed by atoms with Gasteiger partial charge in [-0.3, -0.25) is 4.99 Å². The third-order valence-corrected chi connectivity index (χ3v) is 3.28. The lowest BCUT2D eigenvalue weighted by Crippen LogP contribution is -2.22. The molecule has 0 radical (unpaired) electrons. The summed E-state index contributed by atoms with van der Waals surface area (Å²) < 4.78 is 0. The first-order valence-corrected chi connectivity index (χ1v) is 4.71. The molecule has 1 unspecified atom stereocenters. The minimum absolute atomic E-state index is 0.268. The van der Waals surface area contributed by atoms with Crippen LogP contribution < -0.4 is 5.73 Å². The fourth-order valence-corrected chi connectivity index (χ4v) is 2.45. The summed E-state index contributed by atoms with van der Waals surface area (Å²) in [6, 6.07) is 0. The lowest BCUT2D eigenvalue weighted by atomic mass is 10.2. The van der Waals surface area contributed by atoms with Crippen LogP contribution >= 0.6 is 10.5 Å². The molecule has 2 rings (SSSR count). The molecule has 0 saturated carbocycles. The minimum atomic E-state index is -0.268. The number of hydrogen-bond acceptors (Lipinski definition) is 3. The number of fused-ring (bicyclic) bond motifs is 1. The lowest BCUT2D eigenvalue weighted by molar-refractivity contribution is 1.31. The quantitative estimate of drug-likeness (QED) is 0.420. The Balaban J connectivity index is 2.56. The maximum absolute atomic E-state index is 5.71. The summed E-state index contributed by atoms with van der Waals surface area (Å²) in [7, 11) is -0.268. The molecule has 12 heavy (non-hydrogen) atoms. The van der Waals surface area contributed by atoms with E-state index in [2.05, 4.69) is 15.2 Å². The van der Waals surface area contributed by atoms with E-state index in [1.165, 1.54) is 6.34 Å². The third-order valence-electron chi connectivity index (χ3n) is 1.68. The molecule has 0 amide bonds. The SMILES string of the molecule is C#CS1=C2CN=CN=C2C(N)=C1. The molecule has 0 saturated heterocycles. The van der Waals surface area contributed by atoms with Gasteiger partial charge in [-0.05, 0) is 5.25 Å². The van der Waals surface area contributed by atoms with Crippen LogP contribution in [0.1, 0.15) is 0 Å². The Morgan fingerprint density at radius 1 is 1.67 bits per heavy atom. The van der Waals surface area contributed by atoms with Gasteiger partial charge < -0.3 is 5.73 Å². The van der Waals surface area contributed by atoms with Crippen LogP contribution in [0.25, 0.3) is 0 Å². The van der Waals surface area contributed by atoms with Gasteiger partial charge in [-0.1, -0.05) is 10.5 Å². The van der Waals surface area contributed by atoms with Crippen LogP contribution in [0.2, 0.25) is 0 Å². The van der Waals surface area contributed by atoms with Crippen molar-refractivity contribution in [3.63, 3.8) is 0 Å². The highest BCUT2D eigenvalue weighted by Crippen LogP contribution is 2.26. The van der Waals surface area contributed by atoms with Crippen LogP contribution in [0.15, 0.2) is 21.1 Å². The van der Waals surface area contributed by atoms with Gasteiger partial charge in [0.1, 0.15) is 12.1 Å². The molecule has 0 aromatic carbocycles. The molecule has 1 atom stereocenters. The van der Waals surface area contributed by atoms with E-state index in [1.54, 1.807) is 0 Å². The van der Waals surface area contributed by atoms with Crippen molar-refractivity contribution >= 4 is 27.4 Å². The second-order valence-corrected chi connectivity index (χ2v) is 4.03. The smallest absolute Gasteiger partial charge is 0.111 e. The van der Waals surface area contributed by atoms with Gasteiger partial charge in [0.15, 0.2) is 0 Å². The standard InChI is InChI=1S/C8H7N3S/c1-2-12-4-6(9)8-7(12)3-10-5-11-8/h1,4-5H,3,9H2. The Hall–Kier alpha value is -1.34. The van der Waals surface area contributed by atoms with Crippen molar-refractivity contribution in [1.82, 2.24) is 0 Å². The number of terminal acetylenes is 1. The average molecular weight is 177 g/mol. The van der Waals surface area contributed by atoms with Gasteiger partial charge in [0.25, 0.3) is 0 Å². The van der Waals surface area contributed by atoms with E-state index in [1.807, 2.05) is 5.41 Å². The number of allylic oxidation sites excluding steroid dienone is 1. The van der Waals surface area contributed by atoms with E-state index >= 15 is 0 Å². The third kappa shape index (κ3) is 0.908. The summed E-state index contributed by atoms with van der Waals surface area (Å²) in [5, 5.41) is 4.55. The number of rotatable bonds is 0. The highest BCUT2D eigenvalue weighted by Gasteiger charge is 2.20. The van der Waals surface area contributed by atoms with Gasteiger partial charge in [0.05, 0.1) is 12.2 Å². The van der Waals surface area contributed by atoms with Crippen molar-refractivity contribution in [3.8, 4) is 11.7 Å². The summed E-state index contributed by atoms with van der Waals surface area (Å²) >= 11 is 0. The molecule has 2 aliphatic rings. The van der Waals surface area contributed by atoms with Crippen molar-refractivity contribution < 1.29 is 0 Å². The Kier molecular flexibility index (Phi) is 1.59. The van der Waals surface area contributed by atoms with E-state index in [9.17, 15) is 0 Å². The Morgan fingerprint density at radius 2 is 2.50 bits per heavy atom. The van der Waals surface area contributed by atoms with Crippen molar-refractivity contribution in [1.29, 1.82) is 0 Å². The minimum Gasteiger partial charge on any atom is -0.397 e. The molecule has 60 valence electrons. The molecule has 0 fully saturated rings. The molecular formula is C8H7N3S. The maximum Gasteiger partial charge on any atom is 0.111 e. The molecule has 0 bridgehead atoms. The van der Waals surface area contributed by atoms with Gasteiger partial charge in [0.2, 0.25) is 0 Å². The van der Waals surface area contributed by atoms with Gasteiger partial charge >= 0.3 is 0 Å². The van der Waals surface area contributed by atoms with Crippen molar-refractivity contribution in [2.45, 2.75) is 0 Å². The number of aliphatic imine (C=N–C) groups is 2. The van der Waals surface area contributed by atoms with Crippen molar-refractivity contribution in [2.75, 3.05) is 6.54 Å². The molecular weight excluding hydrogens is 170 g/mol. The summed E-state index contributed by atoms with van der Waals surface area (Å²) in [5.41, 5.74) is 7.25. The zero-order valence-corrected chi connectivity index (χ0v) is 7.14. The summed E-state index contributed by atoms with van der Waals surface area (Å²) in [6.07, 6.45) is 6.87. The van der Waals surface area contributed by atoms with Crippen molar-refractivity contribution in [3.05, 3.63) is 11.1 Å². The molecule has 4 heteroatoms. The highest BCUT2D eigenvalue weighted by molar-refractivity contribution is 8.24. The molecule has 0 aromatic heterocycles. The fraction of sp³-hybridized carbons (Fsp3) is 0.125. The molecule has 0 spiro atoms. The number of nitrogens with zero attached hydrogens (tertiary/aromatic N) is 2. The largest absolute Gasteiger partial charge is 0.397 e. The molecule has 0 aliphatic carbocycles. The topological polar surface area (TPSA) is 50.7 Å². The molecule has 0 aromatic rings. The number of hydrogen-bond donors (Lipinski definition) is 1. The molecule has 3 nitrogen and oxygen atoms in total. The van der Waals surface area contributed by atoms with E-state index in [0.29, 0.717) is 12.2 Å². The monoisotopic (exact) mass is 177 g/mol. The van der Waals surface area contributed by atoms with Crippen LogP contribution in [0.5, 0.6) is 0 Å². The number of nitrogens with two attached hydrogens (primary N) is 1. The maximum atomic E-state index is 5.71. The van der Waals surface area contributed by atoms with Gasteiger partial charge in [0, 0.05) is 10.3 Å². The normalized spacial score (nSPS) is 25.9. The van der Waals surface area contributed by atoms with Gasteiger partial charge in [-0.25, -0.2) is 4.99 Å². The van der Waals surface area contributed by atoms with Gasteiger partial charge in [-0.2, -0.15) is 0 Å². The summed E-state index contributed by atoms with van der Waals surface area (Å²) in [5.74, 6) is 0. The zero-order valence-electron chi connectivity index (χ0n) is 6.32. The summed E-state index contributed by atoms with van der Waals surface area (Å²) in [6.45, 7) is 0.642. The first-order chi connectivity index (χ1) is 5.83. The van der Waals surface area contributed by atoms with E-state index in [-0.39, 0.29) is 10.5 Å². The second-order valence-electron chi connectivity index (χ2n) is 2.39. The predicted octanol–water partition coefficient (Wildman–Crippen LogP) is 0.315. The van der Waals surface area contributed by atoms with Crippen LogP contribution in [0, 0.1) is 11.7 Å². The molecule has 2 N–H and O–H groups in total. The van der Waals surface area contributed by atoms with E-state index < -0.39 is 0 Å². The lowest BCUT2D eigenvalue weighted by Gasteiger charge is -2.05. The first kappa shape index (κ1) is 7.32. The van der Waals surface area contributed by atoms with Gasteiger partial charge in [-0.15, -0.1) is 6.42 Å². The fourth-order valence-electron chi connectivity index (χ4n) is 1.14. The van der Waals surface area contributed by atoms with E-state index in [4.69, 9.17) is 12.2 Å². The molecule has 2 aliphatic heterocycles. The second kappa shape index (κ2) is 2.61. The van der Waals surface area contributed by atoms with Crippen LogP contribution in [0.4, 0.5) is 0 Å². The average Bonchev–Trinajstić information content (AvgIpc) is 2.44. The Morgan fingerprint density at radius 3 is 3.25 bits per heavy atom.